The summed E-state index contributed by atoms with van der Waals surface area (Å²) in [5, 5.41) is 15.3. The first-order valence-electron chi connectivity index (χ1n) is 7.18. The third kappa shape index (κ3) is 4.00. The zero-order valence-electron chi connectivity index (χ0n) is 12.3. The molecule has 0 saturated heterocycles. The van der Waals surface area contributed by atoms with E-state index in [0.717, 1.165) is 39.3 Å². The van der Waals surface area contributed by atoms with Gasteiger partial charge in [0.05, 0.1) is 0 Å². The number of aliphatic hydroxyl groups excluding tert-OH is 1. The molecular weight excluding hydrogens is 352 g/mol. The second kappa shape index (κ2) is 7.63. The number of hydrogen-bond acceptors (Lipinski definition) is 4. The molecule has 1 aromatic carbocycles. The lowest BCUT2D eigenvalue weighted by atomic mass is 10.1. The average molecular weight is 373 g/mol. The fourth-order valence-corrected chi connectivity index (χ4v) is 3.82. The van der Waals surface area contributed by atoms with Crippen molar-refractivity contribution in [1.29, 1.82) is 0 Å². The number of hydrogen-bond donors (Lipinski definition) is 3. The third-order valence-corrected chi connectivity index (χ3v) is 5.67. The smallest absolute Gasteiger partial charge is 0.246 e. The van der Waals surface area contributed by atoms with E-state index in [9.17, 15) is 4.79 Å². The van der Waals surface area contributed by atoms with Crippen LogP contribution in [0.5, 0.6) is 0 Å². The Labute approximate surface area is 138 Å². The van der Waals surface area contributed by atoms with Crippen LogP contribution >= 0.6 is 27.7 Å². The van der Waals surface area contributed by atoms with E-state index in [-0.39, 0.29) is 24.5 Å². The molecule has 1 aliphatic rings. The van der Waals surface area contributed by atoms with Crippen molar-refractivity contribution in [2.75, 3.05) is 24.2 Å². The summed E-state index contributed by atoms with van der Waals surface area (Å²) in [6.45, 7) is 5.11. The molecule has 21 heavy (non-hydrogen) atoms. The molecule has 0 spiro atoms. The summed E-state index contributed by atoms with van der Waals surface area (Å²) in [5.74, 6) is 1.11. The van der Waals surface area contributed by atoms with Gasteiger partial charge < -0.3 is 15.7 Å². The summed E-state index contributed by atoms with van der Waals surface area (Å²) in [6, 6.07) is 3.78. The second-order valence-electron chi connectivity index (χ2n) is 5.35. The van der Waals surface area contributed by atoms with Crippen LogP contribution < -0.4 is 10.6 Å². The Balaban J connectivity index is 2.16. The van der Waals surface area contributed by atoms with Gasteiger partial charge >= 0.3 is 0 Å². The van der Waals surface area contributed by atoms with Gasteiger partial charge in [-0.25, -0.2) is 0 Å². The van der Waals surface area contributed by atoms with Gasteiger partial charge in [0.15, 0.2) is 0 Å². The van der Waals surface area contributed by atoms with Gasteiger partial charge in [0.25, 0.3) is 0 Å². The van der Waals surface area contributed by atoms with Gasteiger partial charge in [0.1, 0.15) is 6.04 Å². The van der Waals surface area contributed by atoms with Gasteiger partial charge in [-0.2, -0.15) is 0 Å². The summed E-state index contributed by atoms with van der Waals surface area (Å²) in [5.41, 5.74) is 1.89. The van der Waals surface area contributed by atoms with Crippen LogP contribution in [0.4, 0.5) is 5.69 Å². The van der Waals surface area contributed by atoms with Crippen molar-refractivity contribution in [3.63, 3.8) is 0 Å². The molecular formula is C15H21BrN2O2S. The number of thioether (sulfide) groups is 1. The molecule has 2 rings (SSSR count). The fourth-order valence-electron chi connectivity index (χ4n) is 2.15. The van der Waals surface area contributed by atoms with Gasteiger partial charge in [0.2, 0.25) is 5.91 Å². The predicted octanol–water partition coefficient (Wildman–Crippen LogP) is 3.16. The number of aliphatic hydroxyl groups is 1. The largest absolute Gasteiger partial charge is 0.396 e. The Hall–Kier alpha value is -0.560. The lowest BCUT2D eigenvalue weighted by Crippen LogP contribution is -2.28. The Kier molecular flexibility index (Phi) is 6.10. The molecule has 0 radical (unpaired) electrons. The van der Waals surface area contributed by atoms with Gasteiger partial charge in [-0.1, -0.05) is 13.8 Å². The lowest BCUT2D eigenvalue weighted by molar-refractivity contribution is -0.117. The number of fused-ring (bicyclic) bond motifs is 1. The SMILES string of the molecule is CCCNC1C(=O)Nc2cc(SCC(C)CO)c(Br)cc21. The monoisotopic (exact) mass is 372 g/mol. The van der Waals surface area contributed by atoms with Crippen LogP contribution in [-0.4, -0.2) is 29.9 Å². The highest BCUT2D eigenvalue weighted by atomic mass is 79.9. The Morgan fingerprint density at radius 1 is 1.52 bits per heavy atom. The molecule has 0 fully saturated rings. The number of rotatable bonds is 7. The molecule has 6 heteroatoms. The fraction of sp³-hybridized carbons (Fsp3) is 0.533. The number of carbonyl (C=O) groups excluding carboxylic acids is 1. The predicted molar refractivity (Wildman–Crippen MR) is 90.8 cm³/mol. The van der Waals surface area contributed by atoms with E-state index in [2.05, 4.69) is 33.5 Å². The number of anilines is 1. The van der Waals surface area contributed by atoms with E-state index < -0.39 is 0 Å². The zero-order chi connectivity index (χ0) is 15.4. The summed E-state index contributed by atoms with van der Waals surface area (Å²) >= 11 is 5.27. The normalized spacial score (nSPS) is 18.5. The Morgan fingerprint density at radius 2 is 2.29 bits per heavy atom. The van der Waals surface area contributed by atoms with Crippen LogP contribution in [-0.2, 0) is 4.79 Å². The van der Waals surface area contributed by atoms with E-state index in [4.69, 9.17) is 5.11 Å². The van der Waals surface area contributed by atoms with E-state index >= 15 is 0 Å². The number of halogens is 1. The molecule has 3 N–H and O–H groups in total. The minimum absolute atomic E-state index is 0.0104. The minimum Gasteiger partial charge on any atom is -0.396 e. The second-order valence-corrected chi connectivity index (χ2v) is 7.26. The van der Waals surface area contributed by atoms with Crippen molar-refractivity contribution in [2.24, 2.45) is 5.92 Å². The van der Waals surface area contributed by atoms with Crippen molar-refractivity contribution in [2.45, 2.75) is 31.2 Å². The zero-order valence-corrected chi connectivity index (χ0v) is 14.7. The van der Waals surface area contributed by atoms with E-state index in [1.807, 2.05) is 19.1 Å². The molecule has 1 amide bonds. The maximum atomic E-state index is 12.0. The average Bonchev–Trinajstić information content (AvgIpc) is 2.77. The van der Waals surface area contributed by atoms with Crippen LogP contribution in [0.3, 0.4) is 0 Å². The molecule has 116 valence electrons. The molecule has 2 atom stereocenters. The molecule has 1 heterocycles. The van der Waals surface area contributed by atoms with Crippen LogP contribution in [0.1, 0.15) is 31.9 Å². The highest BCUT2D eigenvalue weighted by Crippen LogP contribution is 2.39. The summed E-state index contributed by atoms with van der Waals surface area (Å²) in [6.07, 6.45) is 0.993. The molecule has 1 aliphatic heterocycles. The lowest BCUT2D eigenvalue weighted by Gasteiger charge is -2.13. The van der Waals surface area contributed by atoms with Crippen molar-refractivity contribution in [3.8, 4) is 0 Å². The highest BCUT2D eigenvalue weighted by molar-refractivity contribution is 9.10. The Bertz CT molecular complexity index is 525. The number of amides is 1. The van der Waals surface area contributed by atoms with Crippen LogP contribution in [0.15, 0.2) is 21.5 Å². The van der Waals surface area contributed by atoms with Gasteiger partial charge in [-0.3, -0.25) is 4.79 Å². The van der Waals surface area contributed by atoms with Crippen molar-refractivity contribution in [1.82, 2.24) is 5.32 Å². The standard InChI is InChI=1S/C15H21BrN2O2S/c1-3-4-17-14-10-5-11(16)13(21-8-9(2)7-19)6-12(10)18-15(14)20/h5-6,9,14,17,19H,3-4,7-8H2,1-2H3,(H,18,20). The molecule has 4 nitrogen and oxygen atoms in total. The first-order valence-corrected chi connectivity index (χ1v) is 8.96. The molecule has 0 saturated carbocycles. The van der Waals surface area contributed by atoms with E-state index in [1.165, 1.54) is 0 Å². The van der Waals surface area contributed by atoms with Crippen molar-refractivity contribution in [3.05, 3.63) is 22.2 Å². The van der Waals surface area contributed by atoms with Crippen molar-refractivity contribution >= 4 is 39.3 Å². The molecule has 0 aliphatic carbocycles. The van der Waals surface area contributed by atoms with Gasteiger partial charge in [-0.15, -0.1) is 11.8 Å². The van der Waals surface area contributed by atoms with Crippen LogP contribution in [0.25, 0.3) is 0 Å². The third-order valence-electron chi connectivity index (χ3n) is 3.37. The highest BCUT2D eigenvalue weighted by Gasteiger charge is 2.30. The first-order chi connectivity index (χ1) is 10.1. The Morgan fingerprint density at radius 3 is 2.95 bits per heavy atom. The van der Waals surface area contributed by atoms with Gasteiger partial charge in [0, 0.05) is 33.0 Å². The number of carbonyl (C=O) groups is 1. The van der Waals surface area contributed by atoms with Crippen molar-refractivity contribution < 1.29 is 9.90 Å². The topological polar surface area (TPSA) is 61.4 Å². The van der Waals surface area contributed by atoms with Crippen LogP contribution in [0.2, 0.25) is 0 Å². The van der Waals surface area contributed by atoms with Gasteiger partial charge in [-0.05, 0) is 46.9 Å². The van der Waals surface area contributed by atoms with E-state index in [1.54, 1.807) is 11.8 Å². The number of benzene rings is 1. The molecule has 2 unspecified atom stereocenters. The summed E-state index contributed by atoms with van der Waals surface area (Å²) in [7, 11) is 0. The molecule has 0 bridgehead atoms. The van der Waals surface area contributed by atoms with Crippen LogP contribution in [0, 0.1) is 5.92 Å². The minimum atomic E-state index is -0.258. The maximum absolute atomic E-state index is 12.0. The first kappa shape index (κ1) is 16.8. The number of nitrogens with one attached hydrogen (secondary N) is 2. The van der Waals surface area contributed by atoms with E-state index in [0.29, 0.717) is 0 Å². The maximum Gasteiger partial charge on any atom is 0.246 e. The molecule has 0 aromatic heterocycles. The quantitative estimate of drug-likeness (QED) is 0.643. The summed E-state index contributed by atoms with van der Waals surface area (Å²) < 4.78 is 0.996. The molecule has 1 aromatic rings. The summed E-state index contributed by atoms with van der Waals surface area (Å²) in [4.78, 5) is 13.1.